The van der Waals surface area contributed by atoms with E-state index in [9.17, 15) is 8.42 Å². The SMILES string of the molecule is Cc1cc(CN)ccc1S(=O)(=O)NCCC(C)C. The highest BCUT2D eigenvalue weighted by Crippen LogP contribution is 2.16. The highest BCUT2D eigenvalue weighted by molar-refractivity contribution is 7.89. The van der Waals surface area contributed by atoms with Crippen LogP contribution in [0.25, 0.3) is 0 Å². The summed E-state index contributed by atoms with van der Waals surface area (Å²) in [4.78, 5) is 0.337. The van der Waals surface area contributed by atoms with E-state index in [-0.39, 0.29) is 0 Å². The Morgan fingerprint density at radius 3 is 2.50 bits per heavy atom. The lowest BCUT2D eigenvalue weighted by Gasteiger charge is -2.11. The predicted molar refractivity (Wildman–Crippen MR) is 73.7 cm³/mol. The molecule has 18 heavy (non-hydrogen) atoms. The first-order valence-electron chi connectivity index (χ1n) is 6.16. The molecule has 0 atom stereocenters. The molecule has 0 saturated carbocycles. The fourth-order valence-electron chi connectivity index (χ4n) is 1.70. The van der Waals surface area contributed by atoms with Gasteiger partial charge in [0.05, 0.1) is 4.90 Å². The van der Waals surface area contributed by atoms with E-state index >= 15 is 0 Å². The summed E-state index contributed by atoms with van der Waals surface area (Å²) < 4.78 is 26.8. The molecule has 0 aromatic heterocycles. The van der Waals surface area contributed by atoms with Crippen LogP contribution in [0.1, 0.15) is 31.4 Å². The number of benzene rings is 1. The van der Waals surface area contributed by atoms with E-state index in [1.54, 1.807) is 19.1 Å². The quantitative estimate of drug-likeness (QED) is 0.827. The van der Waals surface area contributed by atoms with Gasteiger partial charge in [-0.1, -0.05) is 26.0 Å². The first-order valence-corrected chi connectivity index (χ1v) is 7.64. The summed E-state index contributed by atoms with van der Waals surface area (Å²) in [5.41, 5.74) is 7.20. The molecule has 0 fully saturated rings. The molecule has 0 aliphatic rings. The van der Waals surface area contributed by atoms with Gasteiger partial charge in [0.15, 0.2) is 0 Å². The lowest BCUT2D eigenvalue weighted by Crippen LogP contribution is -2.26. The lowest BCUT2D eigenvalue weighted by atomic mass is 10.1. The summed E-state index contributed by atoms with van der Waals surface area (Å²) in [5.74, 6) is 0.480. The highest BCUT2D eigenvalue weighted by Gasteiger charge is 2.16. The van der Waals surface area contributed by atoms with Crippen molar-refractivity contribution in [1.29, 1.82) is 0 Å². The van der Waals surface area contributed by atoms with Crippen LogP contribution in [-0.4, -0.2) is 15.0 Å². The van der Waals surface area contributed by atoms with Crippen LogP contribution in [0.5, 0.6) is 0 Å². The molecule has 0 spiro atoms. The summed E-state index contributed by atoms with van der Waals surface area (Å²) in [7, 11) is -3.40. The molecule has 0 aliphatic carbocycles. The maximum absolute atomic E-state index is 12.1. The Morgan fingerprint density at radius 1 is 1.33 bits per heavy atom. The van der Waals surface area contributed by atoms with E-state index in [0.29, 0.717) is 23.9 Å². The molecule has 0 saturated heterocycles. The average Bonchev–Trinajstić information content (AvgIpc) is 2.27. The standard InChI is InChI=1S/C13H22N2O2S/c1-10(2)6-7-15-18(16,17)13-5-4-12(9-14)8-11(13)3/h4-5,8,10,15H,6-7,9,14H2,1-3H3. The van der Waals surface area contributed by atoms with Crippen molar-refractivity contribution in [3.8, 4) is 0 Å². The lowest BCUT2D eigenvalue weighted by molar-refractivity contribution is 0.551. The molecular weight excluding hydrogens is 248 g/mol. The fraction of sp³-hybridized carbons (Fsp3) is 0.538. The zero-order chi connectivity index (χ0) is 13.8. The van der Waals surface area contributed by atoms with Crippen molar-refractivity contribution in [3.05, 3.63) is 29.3 Å². The zero-order valence-electron chi connectivity index (χ0n) is 11.2. The molecule has 0 bridgehead atoms. The van der Waals surface area contributed by atoms with E-state index in [4.69, 9.17) is 5.73 Å². The van der Waals surface area contributed by atoms with Crippen LogP contribution in [0.2, 0.25) is 0 Å². The third-order valence-corrected chi connectivity index (χ3v) is 4.40. The van der Waals surface area contributed by atoms with Crippen molar-refractivity contribution in [2.75, 3.05) is 6.54 Å². The molecule has 4 nitrogen and oxygen atoms in total. The Kier molecular flexibility index (Phi) is 5.31. The summed E-state index contributed by atoms with van der Waals surface area (Å²) in [6, 6.07) is 5.19. The number of hydrogen-bond acceptors (Lipinski definition) is 3. The van der Waals surface area contributed by atoms with Crippen LogP contribution in [0.15, 0.2) is 23.1 Å². The second-order valence-electron chi connectivity index (χ2n) is 4.88. The average molecular weight is 270 g/mol. The molecule has 0 aliphatic heterocycles. The van der Waals surface area contributed by atoms with Crippen molar-refractivity contribution in [2.24, 2.45) is 11.7 Å². The van der Waals surface area contributed by atoms with Gasteiger partial charge in [0.25, 0.3) is 0 Å². The number of rotatable bonds is 6. The van der Waals surface area contributed by atoms with E-state index in [1.807, 2.05) is 6.07 Å². The highest BCUT2D eigenvalue weighted by atomic mass is 32.2. The third-order valence-electron chi connectivity index (χ3n) is 2.78. The van der Waals surface area contributed by atoms with E-state index < -0.39 is 10.0 Å². The van der Waals surface area contributed by atoms with Gasteiger partial charge in [0.1, 0.15) is 0 Å². The Morgan fingerprint density at radius 2 is 2.00 bits per heavy atom. The van der Waals surface area contributed by atoms with Crippen LogP contribution >= 0.6 is 0 Å². The van der Waals surface area contributed by atoms with Gasteiger partial charge >= 0.3 is 0 Å². The van der Waals surface area contributed by atoms with Crippen LogP contribution < -0.4 is 10.5 Å². The number of nitrogens with two attached hydrogens (primary N) is 1. The minimum Gasteiger partial charge on any atom is -0.326 e. The molecule has 3 N–H and O–H groups in total. The number of nitrogens with one attached hydrogen (secondary N) is 1. The van der Waals surface area contributed by atoms with Crippen molar-refractivity contribution < 1.29 is 8.42 Å². The molecule has 102 valence electrons. The van der Waals surface area contributed by atoms with Crippen molar-refractivity contribution in [2.45, 2.75) is 38.6 Å². The van der Waals surface area contributed by atoms with Crippen molar-refractivity contribution in [3.63, 3.8) is 0 Å². The van der Waals surface area contributed by atoms with Gasteiger partial charge in [-0.2, -0.15) is 0 Å². The second-order valence-corrected chi connectivity index (χ2v) is 6.62. The minimum absolute atomic E-state index is 0.337. The summed E-state index contributed by atoms with van der Waals surface area (Å²) in [6.07, 6.45) is 0.833. The number of aryl methyl sites for hydroxylation is 1. The third kappa shape index (κ3) is 4.08. The van der Waals surface area contributed by atoms with Crippen LogP contribution in [-0.2, 0) is 16.6 Å². The Hall–Kier alpha value is -0.910. The van der Waals surface area contributed by atoms with Gasteiger partial charge in [0, 0.05) is 13.1 Å². The summed E-state index contributed by atoms with van der Waals surface area (Å²) in [5, 5.41) is 0. The molecule has 0 heterocycles. The van der Waals surface area contributed by atoms with Gasteiger partial charge < -0.3 is 5.73 Å². The van der Waals surface area contributed by atoms with Gasteiger partial charge in [0.2, 0.25) is 10.0 Å². The van der Waals surface area contributed by atoms with Crippen molar-refractivity contribution >= 4 is 10.0 Å². The minimum atomic E-state index is -3.40. The first-order chi connectivity index (χ1) is 8.36. The molecule has 5 heteroatoms. The molecule has 1 aromatic rings. The maximum Gasteiger partial charge on any atom is 0.240 e. The van der Waals surface area contributed by atoms with Gasteiger partial charge in [-0.3, -0.25) is 0 Å². The molecule has 1 aromatic carbocycles. The monoisotopic (exact) mass is 270 g/mol. The number of hydrogen-bond donors (Lipinski definition) is 2. The molecule has 1 rings (SSSR count). The molecular formula is C13H22N2O2S. The van der Waals surface area contributed by atoms with Crippen LogP contribution in [0.3, 0.4) is 0 Å². The first kappa shape index (κ1) is 15.1. The normalized spacial score (nSPS) is 12.1. The number of sulfonamides is 1. The van der Waals surface area contributed by atoms with Crippen molar-refractivity contribution in [1.82, 2.24) is 4.72 Å². The van der Waals surface area contributed by atoms with Crippen LogP contribution in [0, 0.1) is 12.8 Å². The van der Waals surface area contributed by atoms with E-state index in [0.717, 1.165) is 17.5 Å². The van der Waals surface area contributed by atoms with E-state index in [1.165, 1.54) is 0 Å². The smallest absolute Gasteiger partial charge is 0.240 e. The molecule has 0 amide bonds. The maximum atomic E-state index is 12.1. The zero-order valence-corrected chi connectivity index (χ0v) is 12.0. The summed E-state index contributed by atoms with van der Waals surface area (Å²) >= 11 is 0. The van der Waals surface area contributed by atoms with Crippen LogP contribution in [0.4, 0.5) is 0 Å². The molecule has 0 unspecified atom stereocenters. The Bertz CT molecular complexity index is 496. The Balaban J connectivity index is 2.85. The van der Waals surface area contributed by atoms with E-state index in [2.05, 4.69) is 18.6 Å². The largest absolute Gasteiger partial charge is 0.326 e. The predicted octanol–water partition coefficient (Wildman–Crippen LogP) is 1.78. The van der Waals surface area contributed by atoms with Gasteiger partial charge in [-0.25, -0.2) is 13.1 Å². The molecule has 0 radical (unpaired) electrons. The topological polar surface area (TPSA) is 72.2 Å². The van der Waals surface area contributed by atoms with Gasteiger partial charge in [-0.15, -0.1) is 0 Å². The fourth-order valence-corrected chi connectivity index (χ4v) is 2.97. The summed E-state index contributed by atoms with van der Waals surface area (Å²) in [6.45, 7) is 6.81. The second kappa shape index (κ2) is 6.31. The van der Waals surface area contributed by atoms with Gasteiger partial charge in [-0.05, 0) is 36.5 Å². The Labute approximate surface area is 110 Å².